The molecule has 4 rings (SSSR count). The van der Waals surface area contributed by atoms with Crippen molar-refractivity contribution in [2.24, 2.45) is 0 Å². The van der Waals surface area contributed by atoms with Crippen LogP contribution in [-0.2, 0) is 10.0 Å². The molecule has 0 atom stereocenters. The number of hydrogen-bond donors (Lipinski definition) is 1. The molecular formula is C21H24FN3O3S. The van der Waals surface area contributed by atoms with Crippen LogP contribution in [0.4, 0.5) is 21.5 Å². The molecular weight excluding hydrogens is 393 g/mol. The molecule has 2 aliphatic rings. The summed E-state index contributed by atoms with van der Waals surface area (Å²) < 4.78 is 39.6. The molecule has 0 spiro atoms. The van der Waals surface area contributed by atoms with E-state index >= 15 is 0 Å². The first-order chi connectivity index (χ1) is 13.9. The first-order valence-electron chi connectivity index (χ1n) is 9.90. The molecule has 0 bridgehead atoms. The molecule has 29 heavy (non-hydrogen) atoms. The Bertz CT molecular complexity index is 1020. The molecule has 0 aliphatic carbocycles. The van der Waals surface area contributed by atoms with Crippen LogP contribution in [0, 0.1) is 5.82 Å². The lowest BCUT2D eigenvalue weighted by Gasteiger charge is -2.30. The molecule has 2 aromatic rings. The number of rotatable bonds is 4. The Kier molecular flexibility index (Phi) is 5.45. The molecule has 6 nitrogen and oxygen atoms in total. The number of carbonyl (C=O) groups excluding carboxylic acids is 1. The third-order valence-electron chi connectivity index (χ3n) is 5.40. The van der Waals surface area contributed by atoms with Crippen molar-refractivity contribution in [3.8, 4) is 0 Å². The van der Waals surface area contributed by atoms with Crippen LogP contribution in [0.1, 0.15) is 36.0 Å². The summed E-state index contributed by atoms with van der Waals surface area (Å²) in [6.07, 6.45) is 3.88. The molecule has 0 saturated carbocycles. The minimum atomic E-state index is -3.32. The fourth-order valence-corrected chi connectivity index (χ4v) is 5.50. The largest absolute Gasteiger partial charge is 0.370 e. The minimum Gasteiger partial charge on any atom is -0.370 e. The van der Waals surface area contributed by atoms with E-state index in [-0.39, 0.29) is 5.75 Å². The maximum Gasteiger partial charge on any atom is 0.255 e. The number of sulfonamides is 1. The van der Waals surface area contributed by atoms with Crippen molar-refractivity contribution in [3.63, 3.8) is 0 Å². The zero-order valence-electron chi connectivity index (χ0n) is 16.1. The van der Waals surface area contributed by atoms with Crippen molar-refractivity contribution < 1.29 is 17.6 Å². The number of nitrogens with zero attached hydrogens (tertiary/aromatic N) is 2. The molecule has 0 aromatic heterocycles. The zero-order valence-corrected chi connectivity index (χ0v) is 16.9. The molecule has 1 N–H and O–H groups in total. The number of piperidine rings is 1. The number of hydrogen-bond acceptors (Lipinski definition) is 4. The summed E-state index contributed by atoms with van der Waals surface area (Å²) in [6, 6.07) is 11.0. The van der Waals surface area contributed by atoms with Crippen LogP contribution in [0.15, 0.2) is 42.5 Å². The van der Waals surface area contributed by atoms with E-state index in [4.69, 9.17) is 0 Å². The van der Waals surface area contributed by atoms with Gasteiger partial charge in [-0.05, 0) is 62.1 Å². The van der Waals surface area contributed by atoms with Crippen molar-refractivity contribution in [1.29, 1.82) is 0 Å². The van der Waals surface area contributed by atoms with Gasteiger partial charge in [-0.1, -0.05) is 6.07 Å². The molecule has 1 amide bonds. The smallest absolute Gasteiger partial charge is 0.255 e. The van der Waals surface area contributed by atoms with Gasteiger partial charge in [-0.3, -0.25) is 9.10 Å². The maximum absolute atomic E-state index is 13.9. The summed E-state index contributed by atoms with van der Waals surface area (Å²) in [5.41, 5.74) is 2.04. The van der Waals surface area contributed by atoms with Crippen LogP contribution in [0.3, 0.4) is 0 Å². The maximum atomic E-state index is 13.9. The summed E-state index contributed by atoms with van der Waals surface area (Å²) in [4.78, 5) is 15.0. The lowest BCUT2D eigenvalue weighted by atomic mass is 10.1. The highest BCUT2D eigenvalue weighted by Crippen LogP contribution is 2.30. The van der Waals surface area contributed by atoms with Gasteiger partial charge in [0.25, 0.3) is 5.91 Å². The highest BCUT2D eigenvalue weighted by molar-refractivity contribution is 7.93. The molecule has 8 heteroatoms. The fraction of sp³-hybridized carbons (Fsp3) is 0.381. The number of halogens is 1. The van der Waals surface area contributed by atoms with Crippen molar-refractivity contribution in [2.45, 2.75) is 25.7 Å². The SMILES string of the molecule is O=C(Nc1cc(F)ccc1N1CCCCC1)c1cccc(N2CCCS2(=O)=O)c1. The summed E-state index contributed by atoms with van der Waals surface area (Å²) in [5.74, 6) is -0.698. The van der Waals surface area contributed by atoms with Crippen LogP contribution in [0.2, 0.25) is 0 Å². The second-order valence-corrected chi connectivity index (χ2v) is 9.47. The van der Waals surface area contributed by atoms with E-state index in [2.05, 4.69) is 10.2 Å². The van der Waals surface area contributed by atoms with Crippen molar-refractivity contribution >= 4 is 33.0 Å². The quantitative estimate of drug-likeness (QED) is 0.825. The fourth-order valence-electron chi connectivity index (χ4n) is 3.95. The molecule has 0 unspecified atom stereocenters. The van der Waals surface area contributed by atoms with Gasteiger partial charge in [0, 0.05) is 25.2 Å². The van der Waals surface area contributed by atoms with E-state index in [1.54, 1.807) is 30.3 Å². The monoisotopic (exact) mass is 417 g/mol. The van der Waals surface area contributed by atoms with E-state index in [9.17, 15) is 17.6 Å². The van der Waals surface area contributed by atoms with Gasteiger partial charge < -0.3 is 10.2 Å². The third-order valence-corrected chi connectivity index (χ3v) is 7.27. The zero-order chi connectivity index (χ0) is 20.4. The lowest BCUT2D eigenvalue weighted by molar-refractivity contribution is 0.102. The molecule has 2 heterocycles. The molecule has 0 radical (unpaired) electrons. The second-order valence-electron chi connectivity index (χ2n) is 7.46. The molecule has 2 saturated heterocycles. The van der Waals surface area contributed by atoms with Crippen LogP contribution < -0.4 is 14.5 Å². The van der Waals surface area contributed by atoms with Gasteiger partial charge in [0.2, 0.25) is 10.0 Å². The van der Waals surface area contributed by atoms with Gasteiger partial charge in [0.05, 0.1) is 22.8 Å². The number of carbonyl (C=O) groups is 1. The topological polar surface area (TPSA) is 69.7 Å². The normalized spacial score (nSPS) is 18.7. The van der Waals surface area contributed by atoms with Crippen molar-refractivity contribution in [1.82, 2.24) is 0 Å². The van der Waals surface area contributed by atoms with Gasteiger partial charge in [0.1, 0.15) is 5.82 Å². The van der Waals surface area contributed by atoms with Gasteiger partial charge >= 0.3 is 0 Å². The number of anilines is 3. The average molecular weight is 418 g/mol. The van der Waals surface area contributed by atoms with Crippen LogP contribution in [0.5, 0.6) is 0 Å². The van der Waals surface area contributed by atoms with Gasteiger partial charge in [-0.25, -0.2) is 12.8 Å². The Hall–Kier alpha value is -2.61. The number of benzene rings is 2. The predicted molar refractivity (Wildman–Crippen MR) is 113 cm³/mol. The second kappa shape index (κ2) is 8.02. The Morgan fingerprint density at radius 3 is 2.48 bits per heavy atom. The third kappa shape index (κ3) is 4.22. The summed E-state index contributed by atoms with van der Waals surface area (Å²) >= 11 is 0. The van der Waals surface area contributed by atoms with E-state index in [1.165, 1.54) is 22.9 Å². The van der Waals surface area contributed by atoms with Crippen LogP contribution in [-0.4, -0.2) is 39.7 Å². The number of amides is 1. The minimum absolute atomic E-state index is 0.117. The average Bonchev–Trinajstić information content (AvgIpc) is 3.08. The Balaban J connectivity index is 1.59. The highest BCUT2D eigenvalue weighted by Gasteiger charge is 2.28. The lowest BCUT2D eigenvalue weighted by Crippen LogP contribution is -2.30. The Morgan fingerprint density at radius 2 is 1.76 bits per heavy atom. The van der Waals surface area contributed by atoms with E-state index in [1.807, 2.05) is 0 Å². The van der Waals surface area contributed by atoms with Gasteiger partial charge in [0.15, 0.2) is 0 Å². The van der Waals surface area contributed by atoms with Crippen molar-refractivity contribution in [2.75, 3.05) is 39.9 Å². The Morgan fingerprint density at radius 1 is 0.966 bits per heavy atom. The van der Waals surface area contributed by atoms with E-state index in [0.717, 1.165) is 31.6 Å². The molecule has 2 aliphatic heterocycles. The Labute approximate surface area is 170 Å². The van der Waals surface area contributed by atoms with Crippen LogP contribution in [0.25, 0.3) is 0 Å². The van der Waals surface area contributed by atoms with Crippen LogP contribution >= 0.6 is 0 Å². The number of nitrogens with one attached hydrogen (secondary N) is 1. The summed E-state index contributed by atoms with van der Waals surface area (Å²) in [7, 11) is -3.32. The van der Waals surface area contributed by atoms with E-state index < -0.39 is 21.7 Å². The highest BCUT2D eigenvalue weighted by atomic mass is 32.2. The van der Waals surface area contributed by atoms with Gasteiger partial charge in [-0.15, -0.1) is 0 Å². The molecule has 2 fully saturated rings. The first kappa shape index (κ1) is 19.7. The summed E-state index contributed by atoms with van der Waals surface area (Å²) in [5, 5.41) is 2.81. The summed E-state index contributed by atoms with van der Waals surface area (Å²) in [6.45, 7) is 2.16. The standard InChI is InChI=1S/C21H24FN3O3S/c22-17-8-9-20(24-10-2-1-3-11-24)19(15-17)23-21(26)16-6-4-7-18(14-16)25-12-5-13-29(25,27)28/h4,6-9,14-15H,1-3,5,10-13H2,(H,23,26). The molecule has 2 aromatic carbocycles. The van der Waals surface area contributed by atoms with E-state index in [0.29, 0.717) is 29.9 Å². The predicted octanol–water partition coefficient (Wildman–Crippen LogP) is 3.61. The molecule has 154 valence electrons. The van der Waals surface area contributed by atoms with Gasteiger partial charge in [-0.2, -0.15) is 0 Å². The van der Waals surface area contributed by atoms with Crippen molar-refractivity contribution in [3.05, 3.63) is 53.8 Å². The first-order valence-corrected chi connectivity index (χ1v) is 11.5.